The van der Waals surface area contributed by atoms with Crippen LogP contribution < -0.4 is 10.6 Å². The fourth-order valence-corrected chi connectivity index (χ4v) is 1.61. The van der Waals surface area contributed by atoms with Gasteiger partial charge in [-0.1, -0.05) is 0 Å². The maximum atomic E-state index is 11.7. The highest BCUT2D eigenvalue weighted by molar-refractivity contribution is 5.92. The number of ether oxygens (including phenoxy) is 1. The number of likely N-dealkylation sites (N-methyl/N-ethyl adjacent to an activating group) is 1. The van der Waals surface area contributed by atoms with Crippen LogP contribution in [-0.4, -0.2) is 41.9 Å². The summed E-state index contributed by atoms with van der Waals surface area (Å²) in [6, 6.07) is 4.04. The second-order valence-corrected chi connectivity index (χ2v) is 4.56. The van der Waals surface area contributed by atoms with Gasteiger partial charge in [-0.15, -0.1) is 0 Å². The molecule has 0 unspecified atom stereocenters. The minimum absolute atomic E-state index is 0.0835. The lowest BCUT2D eigenvalue weighted by Crippen LogP contribution is -2.46. The van der Waals surface area contributed by atoms with Gasteiger partial charge in [-0.2, -0.15) is 0 Å². The molecule has 0 aromatic heterocycles. The van der Waals surface area contributed by atoms with Crippen LogP contribution in [0.4, 0.5) is 5.69 Å². The van der Waals surface area contributed by atoms with Gasteiger partial charge in [-0.05, 0) is 26.0 Å². The Hall–Kier alpha value is -2.97. The van der Waals surface area contributed by atoms with Crippen LogP contribution in [0.3, 0.4) is 0 Å². The summed E-state index contributed by atoms with van der Waals surface area (Å²) in [6.45, 7) is 3.13. The second-order valence-electron chi connectivity index (χ2n) is 4.56. The summed E-state index contributed by atoms with van der Waals surface area (Å²) in [6.07, 6.45) is 0. The van der Waals surface area contributed by atoms with E-state index < -0.39 is 29.4 Å². The molecule has 0 radical (unpaired) electrons. The molecule has 1 atom stereocenters. The smallest absolute Gasteiger partial charge is 0.338 e. The molecule has 1 aromatic rings. The van der Waals surface area contributed by atoms with Crippen molar-refractivity contribution in [3.8, 4) is 0 Å². The maximum Gasteiger partial charge on any atom is 0.338 e. The largest absolute Gasteiger partial charge is 0.452 e. The molecule has 0 aliphatic rings. The van der Waals surface area contributed by atoms with Crippen molar-refractivity contribution in [1.29, 1.82) is 0 Å². The SMILES string of the molecule is CCNC(=O)[C@@H](C)NC(=O)COC(=O)c1ccc([N+](=O)[O-])cc1. The summed E-state index contributed by atoms with van der Waals surface area (Å²) < 4.78 is 4.78. The molecule has 0 aliphatic carbocycles. The van der Waals surface area contributed by atoms with Gasteiger partial charge in [0, 0.05) is 18.7 Å². The molecule has 0 spiro atoms. The topological polar surface area (TPSA) is 128 Å². The highest BCUT2D eigenvalue weighted by atomic mass is 16.6. The van der Waals surface area contributed by atoms with Crippen LogP contribution in [0.15, 0.2) is 24.3 Å². The molecule has 0 aliphatic heterocycles. The van der Waals surface area contributed by atoms with Crippen LogP contribution in [-0.2, 0) is 14.3 Å². The van der Waals surface area contributed by atoms with Gasteiger partial charge in [0.25, 0.3) is 11.6 Å². The number of hydrogen-bond donors (Lipinski definition) is 2. The zero-order valence-electron chi connectivity index (χ0n) is 12.7. The third kappa shape index (κ3) is 5.73. The van der Waals surface area contributed by atoms with Crippen molar-refractivity contribution in [2.45, 2.75) is 19.9 Å². The van der Waals surface area contributed by atoms with Gasteiger partial charge in [0.2, 0.25) is 5.91 Å². The average Bonchev–Trinajstić information content (AvgIpc) is 2.52. The molecule has 9 heteroatoms. The van der Waals surface area contributed by atoms with Crippen molar-refractivity contribution in [1.82, 2.24) is 10.6 Å². The van der Waals surface area contributed by atoms with E-state index in [1.54, 1.807) is 6.92 Å². The van der Waals surface area contributed by atoms with Crippen LogP contribution in [0.25, 0.3) is 0 Å². The summed E-state index contributed by atoms with van der Waals surface area (Å²) in [5.74, 6) is -1.76. The number of esters is 1. The molecule has 2 N–H and O–H groups in total. The predicted octanol–water partition coefficient (Wildman–Crippen LogP) is 0.392. The third-order valence-corrected chi connectivity index (χ3v) is 2.77. The lowest BCUT2D eigenvalue weighted by atomic mass is 10.2. The summed E-state index contributed by atoms with van der Waals surface area (Å²) >= 11 is 0. The van der Waals surface area contributed by atoms with E-state index in [-0.39, 0.29) is 17.2 Å². The number of carbonyl (C=O) groups is 3. The Balaban J connectivity index is 2.47. The van der Waals surface area contributed by atoms with E-state index in [1.165, 1.54) is 19.1 Å². The lowest BCUT2D eigenvalue weighted by molar-refractivity contribution is -0.384. The van der Waals surface area contributed by atoms with Crippen LogP contribution >= 0.6 is 0 Å². The minimum Gasteiger partial charge on any atom is -0.452 e. The molecule has 9 nitrogen and oxygen atoms in total. The van der Waals surface area contributed by atoms with Crippen molar-refractivity contribution in [2.24, 2.45) is 0 Å². The first-order valence-electron chi connectivity index (χ1n) is 6.83. The Bertz CT molecular complexity index is 599. The van der Waals surface area contributed by atoms with Gasteiger partial charge in [0.1, 0.15) is 6.04 Å². The fraction of sp³-hybridized carbons (Fsp3) is 0.357. The molecule has 0 saturated heterocycles. The van der Waals surface area contributed by atoms with E-state index in [9.17, 15) is 24.5 Å². The maximum absolute atomic E-state index is 11.7. The first kappa shape index (κ1) is 18.1. The molecule has 0 fully saturated rings. The normalized spacial score (nSPS) is 11.2. The standard InChI is InChI=1S/C14H17N3O6/c1-3-15-13(19)9(2)16-12(18)8-23-14(20)10-4-6-11(7-5-10)17(21)22/h4-7,9H,3,8H2,1-2H3,(H,15,19)(H,16,18)/t9-/m1/s1. The predicted molar refractivity (Wildman–Crippen MR) is 79.7 cm³/mol. The molecule has 2 amide bonds. The molecule has 0 heterocycles. The van der Waals surface area contributed by atoms with Crippen LogP contribution in [0.5, 0.6) is 0 Å². The monoisotopic (exact) mass is 323 g/mol. The van der Waals surface area contributed by atoms with Gasteiger partial charge in [-0.25, -0.2) is 4.79 Å². The highest BCUT2D eigenvalue weighted by Crippen LogP contribution is 2.12. The number of nitro benzene ring substituents is 1. The Morgan fingerprint density at radius 3 is 2.39 bits per heavy atom. The molecule has 0 saturated carbocycles. The highest BCUT2D eigenvalue weighted by Gasteiger charge is 2.16. The number of nitro groups is 1. The second kappa shape index (κ2) is 8.47. The molecule has 0 bridgehead atoms. The van der Waals surface area contributed by atoms with E-state index >= 15 is 0 Å². The van der Waals surface area contributed by atoms with Crippen molar-refractivity contribution >= 4 is 23.5 Å². The number of nitrogens with zero attached hydrogens (tertiary/aromatic N) is 1. The fourth-order valence-electron chi connectivity index (χ4n) is 1.61. The lowest BCUT2D eigenvalue weighted by Gasteiger charge is -2.13. The molecule has 23 heavy (non-hydrogen) atoms. The van der Waals surface area contributed by atoms with Crippen LogP contribution in [0.1, 0.15) is 24.2 Å². The number of rotatable bonds is 7. The van der Waals surface area contributed by atoms with Gasteiger partial charge in [-0.3, -0.25) is 19.7 Å². The van der Waals surface area contributed by atoms with E-state index in [2.05, 4.69) is 10.6 Å². The number of non-ortho nitro benzene ring substituents is 1. The first-order valence-corrected chi connectivity index (χ1v) is 6.83. The molecular weight excluding hydrogens is 306 g/mol. The van der Waals surface area contributed by atoms with Crippen LogP contribution in [0, 0.1) is 10.1 Å². The zero-order chi connectivity index (χ0) is 17.4. The Labute approximate surface area is 132 Å². The molecule has 124 valence electrons. The molecule has 1 rings (SSSR count). The van der Waals surface area contributed by atoms with Gasteiger partial charge in [0.15, 0.2) is 6.61 Å². The Morgan fingerprint density at radius 1 is 1.26 bits per heavy atom. The van der Waals surface area contributed by atoms with Gasteiger partial charge in [0.05, 0.1) is 10.5 Å². The minimum atomic E-state index is -0.791. The number of hydrogen-bond acceptors (Lipinski definition) is 6. The first-order chi connectivity index (χ1) is 10.8. The van der Waals surface area contributed by atoms with Crippen molar-refractivity contribution in [3.05, 3.63) is 39.9 Å². The summed E-state index contributed by atoms with van der Waals surface area (Å²) in [5.41, 5.74) is -0.0739. The number of benzene rings is 1. The Kier molecular flexibility index (Phi) is 6.66. The summed E-state index contributed by atoms with van der Waals surface area (Å²) in [5, 5.41) is 15.4. The summed E-state index contributed by atoms with van der Waals surface area (Å²) in [4.78, 5) is 44.6. The van der Waals surface area contributed by atoms with Gasteiger partial charge < -0.3 is 15.4 Å². The number of carbonyl (C=O) groups excluding carboxylic acids is 3. The Morgan fingerprint density at radius 2 is 1.87 bits per heavy atom. The van der Waals surface area contributed by atoms with Crippen molar-refractivity contribution in [3.63, 3.8) is 0 Å². The third-order valence-electron chi connectivity index (χ3n) is 2.77. The molecular formula is C14H17N3O6. The summed E-state index contributed by atoms with van der Waals surface area (Å²) in [7, 11) is 0. The van der Waals surface area contributed by atoms with E-state index in [1.807, 2.05) is 0 Å². The number of nitrogens with one attached hydrogen (secondary N) is 2. The zero-order valence-corrected chi connectivity index (χ0v) is 12.7. The molecule has 1 aromatic carbocycles. The van der Waals surface area contributed by atoms with Crippen molar-refractivity contribution in [2.75, 3.05) is 13.2 Å². The van der Waals surface area contributed by atoms with Crippen molar-refractivity contribution < 1.29 is 24.0 Å². The van der Waals surface area contributed by atoms with Gasteiger partial charge >= 0.3 is 5.97 Å². The van der Waals surface area contributed by atoms with Crippen LogP contribution in [0.2, 0.25) is 0 Å². The quantitative estimate of drug-likeness (QED) is 0.424. The number of amides is 2. The van der Waals surface area contributed by atoms with E-state index in [4.69, 9.17) is 4.74 Å². The average molecular weight is 323 g/mol. The van der Waals surface area contributed by atoms with E-state index in [0.717, 1.165) is 12.1 Å². The van der Waals surface area contributed by atoms with E-state index in [0.29, 0.717) is 6.54 Å².